The fourth-order valence-electron chi connectivity index (χ4n) is 1.93. The van der Waals surface area contributed by atoms with Crippen LogP contribution in [0.25, 0.3) is 0 Å². The van der Waals surface area contributed by atoms with Crippen molar-refractivity contribution in [3.8, 4) is 5.75 Å². The average molecular weight is 402 g/mol. The van der Waals surface area contributed by atoms with Gasteiger partial charge >= 0.3 is 0 Å². The number of carbonyl (C=O) groups excluding carboxylic acids is 2. The Balaban J connectivity index is 2.06. The molecule has 0 spiro atoms. The summed E-state index contributed by atoms with van der Waals surface area (Å²) < 4.78 is 5.36. The molecule has 2 amide bonds. The van der Waals surface area contributed by atoms with E-state index in [4.69, 9.17) is 39.5 Å². The number of hydrogen-bond acceptors (Lipinski definition) is 3. The minimum atomic E-state index is -0.451. The maximum atomic E-state index is 12.1. The largest absolute Gasteiger partial charge is 0.482 e. The second kappa shape index (κ2) is 8.43. The molecule has 1 N–H and O–H groups in total. The lowest BCUT2D eigenvalue weighted by Gasteiger charge is -2.13. The molecule has 0 unspecified atom stereocenters. The van der Waals surface area contributed by atoms with E-state index in [9.17, 15) is 9.59 Å². The zero-order valence-corrected chi connectivity index (χ0v) is 15.7. The van der Waals surface area contributed by atoms with Gasteiger partial charge in [-0.1, -0.05) is 34.8 Å². The maximum Gasteiger partial charge on any atom is 0.262 e. The SMILES string of the molecule is CN(C)C(=O)c1ccc(Cl)c(NC(=O)COc2cc(Cl)ccc2Cl)c1. The molecule has 0 bridgehead atoms. The summed E-state index contributed by atoms with van der Waals surface area (Å²) in [6.07, 6.45) is 0. The summed E-state index contributed by atoms with van der Waals surface area (Å²) in [6, 6.07) is 9.34. The fraction of sp³-hybridized carbons (Fsp3) is 0.176. The van der Waals surface area contributed by atoms with Gasteiger partial charge in [-0.15, -0.1) is 0 Å². The van der Waals surface area contributed by atoms with Crippen molar-refractivity contribution < 1.29 is 14.3 Å². The standard InChI is InChI=1S/C17H15Cl3N2O3/c1-22(2)17(24)10-3-5-12(19)14(7-10)21-16(23)9-25-15-8-11(18)4-6-13(15)20/h3-8H,9H2,1-2H3,(H,21,23). The van der Waals surface area contributed by atoms with Crippen molar-refractivity contribution in [1.82, 2.24) is 4.90 Å². The first-order valence-corrected chi connectivity index (χ1v) is 8.30. The first kappa shape index (κ1) is 19.4. The van der Waals surface area contributed by atoms with E-state index in [1.54, 1.807) is 38.4 Å². The normalized spacial score (nSPS) is 10.3. The van der Waals surface area contributed by atoms with Crippen molar-refractivity contribution >= 4 is 52.3 Å². The third-order valence-electron chi connectivity index (χ3n) is 3.15. The van der Waals surface area contributed by atoms with Crippen molar-refractivity contribution in [3.63, 3.8) is 0 Å². The van der Waals surface area contributed by atoms with E-state index < -0.39 is 5.91 Å². The summed E-state index contributed by atoms with van der Waals surface area (Å²) >= 11 is 17.9. The van der Waals surface area contributed by atoms with Gasteiger partial charge in [0.15, 0.2) is 6.61 Å². The van der Waals surface area contributed by atoms with Crippen LogP contribution in [0.3, 0.4) is 0 Å². The molecule has 2 rings (SSSR count). The average Bonchev–Trinajstić information content (AvgIpc) is 2.57. The Hall–Kier alpha value is -1.95. The molecular formula is C17H15Cl3N2O3. The summed E-state index contributed by atoms with van der Waals surface area (Å²) in [5.41, 5.74) is 0.726. The fourth-order valence-corrected chi connectivity index (χ4v) is 2.43. The third kappa shape index (κ3) is 5.26. The highest BCUT2D eigenvalue weighted by Crippen LogP contribution is 2.28. The van der Waals surface area contributed by atoms with E-state index >= 15 is 0 Å². The van der Waals surface area contributed by atoms with Crippen LogP contribution >= 0.6 is 34.8 Å². The van der Waals surface area contributed by atoms with E-state index in [1.807, 2.05) is 0 Å². The van der Waals surface area contributed by atoms with Crippen LogP contribution in [0.1, 0.15) is 10.4 Å². The molecule has 0 aliphatic carbocycles. The van der Waals surface area contributed by atoms with Crippen molar-refractivity contribution in [2.24, 2.45) is 0 Å². The van der Waals surface area contributed by atoms with Crippen LogP contribution in [0.4, 0.5) is 5.69 Å². The number of halogens is 3. The number of rotatable bonds is 5. The van der Waals surface area contributed by atoms with Gasteiger partial charge in [0.25, 0.3) is 11.8 Å². The van der Waals surface area contributed by atoms with E-state index in [-0.39, 0.29) is 12.5 Å². The summed E-state index contributed by atoms with van der Waals surface area (Å²) in [7, 11) is 3.27. The van der Waals surface area contributed by atoms with Crippen LogP contribution in [0.5, 0.6) is 5.75 Å². The van der Waals surface area contributed by atoms with Crippen LogP contribution in [0.2, 0.25) is 15.1 Å². The third-order valence-corrected chi connectivity index (χ3v) is 4.02. The summed E-state index contributed by atoms with van der Waals surface area (Å²) in [5, 5.41) is 3.70. The highest BCUT2D eigenvalue weighted by atomic mass is 35.5. The molecule has 2 aromatic rings. The Morgan fingerprint density at radius 2 is 1.72 bits per heavy atom. The molecule has 5 nitrogen and oxygen atoms in total. The van der Waals surface area contributed by atoms with Gasteiger partial charge in [0, 0.05) is 30.7 Å². The molecule has 0 atom stereocenters. The molecule has 132 valence electrons. The number of anilines is 1. The molecule has 2 aromatic carbocycles. The minimum absolute atomic E-state index is 0.200. The first-order valence-electron chi connectivity index (χ1n) is 7.17. The predicted molar refractivity (Wildman–Crippen MR) is 100 cm³/mol. The van der Waals surface area contributed by atoms with Crippen LogP contribution in [0, 0.1) is 0 Å². The number of amides is 2. The lowest BCUT2D eigenvalue weighted by Crippen LogP contribution is -2.23. The molecule has 0 aliphatic rings. The number of ether oxygens (including phenoxy) is 1. The van der Waals surface area contributed by atoms with Crippen LogP contribution in [0.15, 0.2) is 36.4 Å². The Kier molecular flexibility index (Phi) is 6.53. The van der Waals surface area contributed by atoms with Gasteiger partial charge in [-0.25, -0.2) is 0 Å². The summed E-state index contributed by atoms with van der Waals surface area (Å²) in [6.45, 7) is -0.289. The zero-order chi connectivity index (χ0) is 18.6. The molecule has 0 saturated heterocycles. The number of nitrogens with zero attached hydrogens (tertiary/aromatic N) is 1. The second-order valence-corrected chi connectivity index (χ2v) is 6.56. The zero-order valence-electron chi connectivity index (χ0n) is 13.5. The number of carbonyl (C=O) groups is 2. The van der Waals surface area contributed by atoms with Gasteiger partial charge in [-0.3, -0.25) is 9.59 Å². The van der Waals surface area contributed by atoms with E-state index in [2.05, 4.69) is 5.32 Å². The highest BCUT2D eigenvalue weighted by Gasteiger charge is 2.13. The lowest BCUT2D eigenvalue weighted by molar-refractivity contribution is -0.118. The van der Waals surface area contributed by atoms with Crippen LogP contribution in [-0.2, 0) is 4.79 Å². The van der Waals surface area contributed by atoms with Gasteiger partial charge < -0.3 is 15.0 Å². The molecule has 0 heterocycles. The molecule has 8 heteroatoms. The van der Waals surface area contributed by atoms with E-state index in [1.165, 1.54) is 17.0 Å². The highest BCUT2D eigenvalue weighted by molar-refractivity contribution is 6.34. The van der Waals surface area contributed by atoms with Gasteiger partial charge in [0.1, 0.15) is 5.75 Å². The summed E-state index contributed by atoms with van der Waals surface area (Å²) in [5.74, 6) is -0.353. The molecule has 0 aliphatic heterocycles. The van der Waals surface area contributed by atoms with Gasteiger partial charge in [-0.2, -0.15) is 0 Å². The Morgan fingerprint density at radius 3 is 2.40 bits per heavy atom. The molecule has 25 heavy (non-hydrogen) atoms. The Bertz CT molecular complexity index is 810. The Morgan fingerprint density at radius 1 is 1.04 bits per heavy atom. The smallest absolute Gasteiger partial charge is 0.262 e. The second-order valence-electron chi connectivity index (χ2n) is 5.31. The molecule has 0 fully saturated rings. The maximum absolute atomic E-state index is 12.1. The van der Waals surface area contributed by atoms with E-state index in [0.29, 0.717) is 32.1 Å². The van der Waals surface area contributed by atoms with Crippen molar-refractivity contribution in [2.75, 3.05) is 26.0 Å². The van der Waals surface area contributed by atoms with Crippen LogP contribution < -0.4 is 10.1 Å². The summed E-state index contributed by atoms with van der Waals surface area (Å²) in [4.78, 5) is 25.5. The number of hydrogen-bond donors (Lipinski definition) is 1. The predicted octanol–water partition coefficient (Wildman–Crippen LogP) is 4.37. The van der Waals surface area contributed by atoms with Gasteiger partial charge in [0.2, 0.25) is 0 Å². The van der Waals surface area contributed by atoms with Crippen LogP contribution in [-0.4, -0.2) is 37.4 Å². The lowest BCUT2D eigenvalue weighted by atomic mass is 10.2. The van der Waals surface area contributed by atoms with Crippen molar-refractivity contribution in [1.29, 1.82) is 0 Å². The minimum Gasteiger partial charge on any atom is -0.482 e. The van der Waals surface area contributed by atoms with Gasteiger partial charge in [0.05, 0.1) is 15.7 Å². The Labute approximate surface area is 160 Å². The molecule has 0 saturated carbocycles. The monoisotopic (exact) mass is 400 g/mol. The van der Waals surface area contributed by atoms with Gasteiger partial charge in [-0.05, 0) is 30.3 Å². The molecule has 0 aromatic heterocycles. The van der Waals surface area contributed by atoms with Crippen molar-refractivity contribution in [2.45, 2.75) is 0 Å². The number of benzene rings is 2. The van der Waals surface area contributed by atoms with Crippen molar-refractivity contribution in [3.05, 3.63) is 57.0 Å². The first-order chi connectivity index (χ1) is 11.8. The quantitative estimate of drug-likeness (QED) is 0.809. The van der Waals surface area contributed by atoms with E-state index in [0.717, 1.165) is 0 Å². The molecule has 0 radical (unpaired) electrons. The number of nitrogens with one attached hydrogen (secondary N) is 1. The molecular weight excluding hydrogens is 387 g/mol. The topological polar surface area (TPSA) is 58.6 Å².